The molecule has 10 nitrogen and oxygen atoms in total. The van der Waals surface area contributed by atoms with E-state index in [1.165, 1.54) is 29.3 Å². The summed E-state index contributed by atoms with van der Waals surface area (Å²) in [5.74, 6) is -0.462. The number of aromatic amines is 2. The highest BCUT2D eigenvalue weighted by Gasteiger charge is 2.27. The zero-order chi connectivity index (χ0) is 28.3. The minimum atomic E-state index is -0.595. The van der Waals surface area contributed by atoms with Gasteiger partial charge in [0.25, 0.3) is 5.56 Å². The van der Waals surface area contributed by atoms with Gasteiger partial charge in [0.15, 0.2) is 0 Å². The van der Waals surface area contributed by atoms with Gasteiger partial charge in [-0.05, 0) is 70.4 Å². The normalized spacial score (nSPS) is 11.7. The number of imidazole rings is 1. The molecule has 200 valence electrons. The summed E-state index contributed by atoms with van der Waals surface area (Å²) >= 11 is 6.43. The van der Waals surface area contributed by atoms with E-state index in [2.05, 4.69) is 41.5 Å². The fourth-order valence-electron chi connectivity index (χ4n) is 4.77. The number of hydrogen-bond donors (Lipinski definition) is 2. The average molecular weight is 564 g/mol. The van der Waals surface area contributed by atoms with Gasteiger partial charge in [-0.1, -0.05) is 23.7 Å². The fraction of sp³-hybridized carbons (Fsp3) is 0.0690. The summed E-state index contributed by atoms with van der Waals surface area (Å²) in [6.07, 6.45) is 8.07. The topological polar surface area (TPSA) is 142 Å². The smallest absolute Gasteiger partial charge is 0.252 e. The van der Waals surface area contributed by atoms with Crippen molar-refractivity contribution in [3.05, 3.63) is 129 Å². The van der Waals surface area contributed by atoms with Crippen LogP contribution in [0.3, 0.4) is 0 Å². The van der Waals surface area contributed by atoms with E-state index in [-0.39, 0.29) is 11.4 Å². The van der Waals surface area contributed by atoms with Gasteiger partial charge in [-0.15, -0.1) is 5.10 Å². The molecule has 6 aromatic rings. The van der Waals surface area contributed by atoms with Crippen molar-refractivity contribution < 1.29 is 4.39 Å². The molecule has 2 aromatic carbocycles. The molecular formula is C29H19ClFN9O. The van der Waals surface area contributed by atoms with Gasteiger partial charge in [0.2, 0.25) is 0 Å². The second kappa shape index (κ2) is 11.0. The first kappa shape index (κ1) is 25.8. The van der Waals surface area contributed by atoms with E-state index < -0.39 is 5.92 Å². The van der Waals surface area contributed by atoms with Crippen LogP contribution in [-0.2, 0) is 6.42 Å². The molecule has 4 heterocycles. The Morgan fingerprint density at radius 1 is 1.05 bits per heavy atom. The molecule has 41 heavy (non-hydrogen) atoms. The number of nitrogens with zero attached hydrogens (tertiary/aromatic N) is 7. The van der Waals surface area contributed by atoms with Gasteiger partial charge < -0.3 is 9.97 Å². The molecule has 0 bridgehead atoms. The Hall–Kier alpha value is -5.47. The van der Waals surface area contributed by atoms with Gasteiger partial charge in [-0.3, -0.25) is 9.78 Å². The number of halogens is 2. The highest BCUT2D eigenvalue weighted by Crippen LogP contribution is 2.36. The number of rotatable bonds is 7. The van der Waals surface area contributed by atoms with E-state index in [4.69, 9.17) is 11.6 Å². The Morgan fingerprint density at radius 3 is 2.68 bits per heavy atom. The van der Waals surface area contributed by atoms with Crippen LogP contribution in [-0.4, -0.2) is 40.1 Å². The summed E-state index contributed by atoms with van der Waals surface area (Å²) in [7, 11) is 0. The van der Waals surface area contributed by atoms with Crippen LogP contribution in [0.4, 0.5) is 4.39 Å². The third-order valence-electron chi connectivity index (χ3n) is 6.65. The SMILES string of the molecule is N#Cc1cncc(-c2cnc([C@@H](Cc3ccc(F)cc3)c3c(-c4cc(Cl)ccc4-n4cnnn4)cc[nH]c3=O)[nH]2)c1. The summed E-state index contributed by atoms with van der Waals surface area (Å²) in [5.41, 5.74) is 4.42. The first-order valence-electron chi connectivity index (χ1n) is 12.4. The number of nitrogens with one attached hydrogen (secondary N) is 2. The number of nitriles is 1. The van der Waals surface area contributed by atoms with Crippen LogP contribution < -0.4 is 5.56 Å². The van der Waals surface area contributed by atoms with Crippen molar-refractivity contribution in [3.8, 4) is 34.1 Å². The summed E-state index contributed by atoms with van der Waals surface area (Å²) in [5, 5.41) is 21.3. The molecule has 1 atom stereocenters. The lowest BCUT2D eigenvalue weighted by molar-refractivity contribution is 0.626. The average Bonchev–Trinajstić information content (AvgIpc) is 3.70. The van der Waals surface area contributed by atoms with Crippen molar-refractivity contribution in [3.63, 3.8) is 0 Å². The number of pyridine rings is 2. The molecule has 0 radical (unpaired) electrons. The minimum Gasteiger partial charge on any atom is -0.341 e. The Balaban J connectivity index is 1.54. The molecule has 6 rings (SSSR count). The second-order valence-electron chi connectivity index (χ2n) is 9.19. The van der Waals surface area contributed by atoms with Gasteiger partial charge in [-0.25, -0.2) is 9.37 Å². The zero-order valence-corrected chi connectivity index (χ0v) is 21.9. The van der Waals surface area contributed by atoms with Crippen molar-refractivity contribution in [2.45, 2.75) is 12.3 Å². The molecule has 0 fully saturated rings. The molecule has 0 aliphatic carbocycles. The lowest BCUT2D eigenvalue weighted by Gasteiger charge is -2.20. The molecule has 0 aliphatic heterocycles. The van der Waals surface area contributed by atoms with Gasteiger partial charge >= 0.3 is 0 Å². The first-order valence-corrected chi connectivity index (χ1v) is 12.8. The maximum Gasteiger partial charge on any atom is 0.252 e. The van der Waals surface area contributed by atoms with Crippen LogP contribution in [0.1, 0.15) is 28.4 Å². The minimum absolute atomic E-state index is 0.324. The van der Waals surface area contributed by atoms with Crippen LogP contribution in [0.15, 0.2) is 90.5 Å². The number of H-pyrrole nitrogens is 2. The quantitative estimate of drug-likeness (QED) is 0.283. The third-order valence-corrected chi connectivity index (χ3v) is 6.88. The number of aromatic nitrogens is 8. The van der Waals surface area contributed by atoms with E-state index in [0.717, 1.165) is 5.56 Å². The number of benzene rings is 2. The molecule has 2 N–H and O–H groups in total. The van der Waals surface area contributed by atoms with E-state index in [1.807, 2.05) is 0 Å². The van der Waals surface area contributed by atoms with Gasteiger partial charge in [0.1, 0.15) is 24.0 Å². The van der Waals surface area contributed by atoms with Crippen LogP contribution in [0.5, 0.6) is 0 Å². The fourth-order valence-corrected chi connectivity index (χ4v) is 4.94. The van der Waals surface area contributed by atoms with E-state index in [0.29, 0.717) is 56.5 Å². The summed E-state index contributed by atoms with van der Waals surface area (Å²) < 4.78 is 15.2. The second-order valence-corrected chi connectivity index (χ2v) is 9.63. The predicted octanol–water partition coefficient (Wildman–Crippen LogP) is 4.84. The van der Waals surface area contributed by atoms with E-state index in [9.17, 15) is 14.4 Å². The molecular weight excluding hydrogens is 545 g/mol. The van der Waals surface area contributed by atoms with E-state index in [1.54, 1.807) is 61.1 Å². The molecule has 0 unspecified atom stereocenters. The Kier molecular flexibility index (Phi) is 6.89. The summed E-state index contributed by atoms with van der Waals surface area (Å²) in [6.45, 7) is 0. The van der Waals surface area contributed by atoms with Crippen molar-refractivity contribution in [1.29, 1.82) is 5.26 Å². The highest BCUT2D eigenvalue weighted by atomic mass is 35.5. The van der Waals surface area contributed by atoms with Crippen LogP contribution >= 0.6 is 11.6 Å². The molecule has 0 amide bonds. The molecule has 0 saturated carbocycles. The molecule has 4 aromatic heterocycles. The zero-order valence-electron chi connectivity index (χ0n) is 21.2. The standard InChI is InChI=1S/C29H19ClFN9O/c30-20-3-6-26(40-16-36-38-39-40)23(11-20)22-7-8-34-29(41)27(22)24(10-17-1-4-21(31)5-2-17)28-35-15-25(37-28)19-9-18(12-32)13-33-14-19/h1-9,11,13-16,24H,10H2,(H,34,41)(H,35,37)/t24-/m0/s1. The van der Waals surface area contributed by atoms with Gasteiger partial charge in [-0.2, -0.15) is 9.94 Å². The van der Waals surface area contributed by atoms with Gasteiger partial charge in [0, 0.05) is 40.3 Å². The number of hydrogen-bond acceptors (Lipinski definition) is 7. The lowest BCUT2D eigenvalue weighted by atomic mass is 9.86. The molecule has 12 heteroatoms. The van der Waals surface area contributed by atoms with Crippen LogP contribution in [0.2, 0.25) is 5.02 Å². The third kappa shape index (κ3) is 5.24. The Morgan fingerprint density at radius 2 is 1.90 bits per heavy atom. The van der Waals surface area contributed by atoms with Crippen molar-refractivity contribution in [1.82, 2.24) is 40.1 Å². The number of tetrazole rings is 1. The first-order chi connectivity index (χ1) is 20.0. The Labute approximate surface area is 237 Å². The summed E-state index contributed by atoms with van der Waals surface area (Å²) in [6, 6.07) is 16.9. The van der Waals surface area contributed by atoms with Crippen molar-refractivity contribution in [2.24, 2.45) is 0 Å². The maximum absolute atomic E-state index is 13.8. The maximum atomic E-state index is 13.8. The largest absolute Gasteiger partial charge is 0.341 e. The monoisotopic (exact) mass is 563 g/mol. The van der Waals surface area contributed by atoms with Gasteiger partial charge in [0.05, 0.1) is 29.1 Å². The van der Waals surface area contributed by atoms with Crippen molar-refractivity contribution in [2.75, 3.05) is 0 Å². The summed E-state index contributed by atoms with van der Waals surface area (Å²) in [4.78, 5) is 28.5. The molecule has 0 aliphatic rings. The predicted molar refractivity (Wildman–Crippen MR) is 149 cm³/mol. The van der Waals surface area contributed by atoms with Crippen molar-refractivity contribution >= 4 is 11.6 Å². The van der Waals surface area contributed by atoms with Crippen LogP contribution in [0, 0.1) is 17.1 Å². The Bertz CT molecular complexity index is 1940. The van der Waals surface area contributed by atoms with Crippen LogP contribution in [0.25, 0.3) is 28.1 Å². The molecule has 0 spiro atoms. The lowest BCUT2D eigenvalue weighted by Crippen LogP contribution is -2.21. The highest BCUT2D eigenvalue weighted by molar-refractivity contribution is 6.31. The molecule has 0 saturated heterocycles. The van der Waals surface area contributed by atoms with E-state index >= 15 is 0 Å².